The van der Waals surface area contributed by atoms with Crippen molar-refractivity contribution in [2.24, 2.45) is 0 Å². The highest BCUT2D eigenvalue weighted by Crippen LogP contribution is 2.12. The van der Waals surface area contributed by atoms with E-state index in [1.807, 2.05) is 20.8 Å². The van der Waals surface area contributed by atoms with Gasteiger partial charge in [0.05, 0.1) is 0 Å². The van der Waals surface area contributed by atoms with Crippen molar-refractivity contribution in [1.82, 2.24) is 0 Å². The fourth-order valence-electron chi connectivity index (χ4n) is 0.530. The minimum atomic E-state index is -0.450. The number of carbonyl (C=O) groups is 1. The predicted octanol–water partition coefficient (Wildman–Crippen LogP) is 2.43. The van der Waals surface area contributed by atoms with E-state index in [1.165, 1.54) is 6.08 Å². The number of esters is 1. The van der Waals surface area contributed by atoms with Crippen LogP contribution in [0.3, 0.4) is 0 Å². The second-order valence-corrected chi connectivity index (χ2v) is 4.29. The maximum atomic E-state index is 11.2. The largest absolute Gasteiger partial charge is 0.459 e. The Morgan fingerprint density at radius 1 is 1.67 bits per heavy atom. The van der Waals surface area contributed by atoms with E-state index in [9.17, 15) is 4.79 Å². The van der Waals surface area contributed by atoms with Crippen molar-refractivity contribution in [3.63, 3.8) is 0 Å². The summed E-state index contributed by atoms with van der Waals surface area (Å²) in [7, 11) is 0. The van der Waals surface area contributed by atoms with Gasteiger partial charge in [-0.15, -0.1) is 5.73 Å². The summed E-state index contributed by atoms with van der Waals surface area (Å²) in [5.74, 6) is -0.321. The first kappa shape index (κ1) is 11.5. The molecule has 0 N–H and O–H groups in total. The molecule has 1 atom stereocenters. The van der Waals surface area contributed by atoms with Crippen molar-refractivity contribution >= 4 is 21.9 Å². The van der Waals surface area contributed by atoms with Gasteiger partial charge in [-0.1, -0.05) is 22.5 Å². The summed E-state index contributed by atoms with van der Waals surface area (Å²) in [5, 5.41) is 0. The van der Waals surface area contributed by atoms with E-state index in [0.29, 0.717) is 0 Å². The number of halogens is 1. The molecule has 0 heterocycles. The monoisotopic (exact) mass is 232 g/mol. The molecule has 0 rings (SSSR count). The number of alkyl halides is 1. The molecule has 0 amide bonds. The van der Waals surface area contributed by atoms with E-state index >= 15 is 0 Å². The molecule has 68 valence electrons. The van der Waals surface area contributed by atoms with Crippen LogP contribution in [0.4, 0.5) is 0 Å². The zero-order valence-electron chi connectivity index (χ0n) is 7.56. The second kappa shape index (κ2) is 4.48. The molecule has 0 aliphatic rings. The molecule has 0 aliphatic heterocycles. The highest BCUT2D eigenvalue weighted by molar-refractivity contribution is 9.10. The van der Waals surface area contributed by atoms with Crippen molar-refractivity contribution in [1.29, 1.82) is 0 Å². The van der Waals surface area contributed by atoms with Crippen molar-refractivity contribution in [3.05, 3.63) is 18.4 Å². The number of hydrogen-bond donors (Lipinski definition) is 0. The lowest BCUT2D eigenvalue weighted by molar-refractivity contribution is -0.152. The molecule has 0 aromatic heterocycles. The molecular formula is C9H13BrO2. The minimum absolute atomic E-state index is 0.321. The van der Waals surface area contributed by atoms with E-state index in [1.54, 1.807) is 0 Å². The molecule has 12 heavy (non-hydrogen) atoms. The van der Waals surface area contributed by atoms with Gasteiger partial charge >= 0.3 is 5.97 Å². The van der Waals surface area contributed by atoms with E-state index in [-0.39, 0.29) is 5.97 Å². The van der Waals surface area contributed by atoms with Crippen LogP contribution in [-0.4, -0.2) is 16.4 Å². The zero-order chi connectivity index (χ0) is 9.78. The molecule has 0 spiro atoms. The maximum absolute atomic E-state index is 11.2. The van der Waals surface area contributed by atoms with Crippen LogP contribution >= 0.6 is 15.9 Å². The van der Waals surface area contributed by atoms with Gasteiger partial charge in [0.2, 0.25) is 0 Å². The molecular weight excluding hydrogens is 220 g/mol. The lowest BCUT2D eigenvalue weighted by Gasteiger charge is -2.20. The van der Waals surface area contributed by atoms with Gasteiger partial charge in [0.15, 0.2) is 0 Å². The Bertz CT molecular complexity index is 209. The molecule has 0 saturated heterocycles. The SMILES string of the molecule is C=C=CC(Br)C(=O)OC(C)(C)C. The Labute approximate surface area is 81.4 Å². The predicted molar refractivity (Wildman–Crippen MR) is 52.3 cm³/mol. The van der Waals surface area contributed by atoms with Crippen LogP contribution in [0, 0.1) is 0 Å². The summed E-state index contributed by atoms with van der Waals surface area (Å²) in [6, 6.07) is 0. The van der Waals surface area contributed by atoms with Gasteiger partial charge in [0.25, 0.3) is 0 Å². The fourth-order valence-corrected chi connectivity index (χ4v) is 0.810. The number of hydrogen-bond acceptors (Lipinski definition) is 2. The number of rotatable bonds is 2. The molecule has 0 radical (unpaired) electrons. The quantitative estimate of drug-likeness (QED) is 0.416. The van der Waals surface area contributed by atoms with Gasteiger partial charge in [0, 0.05) is 0 Å². The third-order valence-electron chi connectivity index (χ3n) is 0.896. The lowest BCUT2D eigenvalue weighted by Crippen LogP contribution is -2.28. The van der Waals surface area contributed by atoms with E-state index in [2.05, 4.69) is 28.2 Å². The first-order valence-corrected chi connectivity index (χ1v) is 4.51. The summed E-state index contributed by atoms with van der Waals surface area (Å²) >= 11 is 3.12. The standard InChI is InChI=1S/C9H13BrO2/c1-5-6-7(10)8(11)12-9(2,3)4/h6-7H,1H2,2-4H3. The van der Waals surface area contributed by atoms with Crippen molar-refractivity contribution in [3.8, 4) is 0 Å². The molecule has 0 aromatic carbocycles. The second-order valence-electron chi connectivity index (χ2n) is 3.31. The van der Waals surface area contributed by atoms with Crippen LogP contribution in [-0.2, 0) is 9.53 Å². The molecule has 0 saturated carbocycles. The number of carbonyl (C=O) groups excluding carboxylic acids is 1. The minimum Gasteiger partial charge on any atom is -0.459 e. The van der Waals surface area contributed by atoms with Gasteiger partial charge in [-0.05, 0) is 26.8 Å². The van der Waals surface area contributed by atoms with Crippen LogP contribution in [0.25, 0.3) is 0 Å². The first-order chi connectivity index (χ1) is 5.37. The van der Waals surface area contributed by atoms with Crippen LogP contribution in [0.2, 0.25) is 0 Å². The van der Waals surface area contributed by atoms with Gasteiger partial charge in [-0.3, -0.25) is 4.79 Å². The number of ether oxygens (including phenoxy) is 1. The molecule has 0 aromatic rings. The summed E-state index contributed by atoms with van der Waals surface area (Å²) in [4.78, 5) is 10.7. The van der Waals surface area contributed by atoms with E-state index < -0.39 is 10.4 Å². The summed E-state index contributed by atoms with van der Waals surface area (Å²) in [6.45, 7) is 8.83. The van der Waals surface area contributed by atoms with Gasteiger partial charge in [-0.25, -0.2) is 0 Å². The summed E-state index contributed by atoms with van der Waals surface area (Å²) in [5.41, 5.74) is 2.07. The lowest BCUT2D eigenvalue weighted by atomic mass is 10.2. The Morgan fingerprint density at radius 3 is 2.50 bits per heavy atom. The third-order valence-corrected chi connectivity index (χ3v) is 1.53. The van der Waals surface area contributed by atoms with Gasteiger partial charge in [-0.2, -0.15) is 0 Å². The van der Waals surface area contributed by atoms with Crippen LogP contribution in [0.15, 0.2) is 18.4 Å². The van der Waals surface area contributed by atoms with Crippen molar-refractivity contribution in [2.75, 3.05) is 0 Å². The Morgan fingerprint density at radius 2 is 2.17 bits per heavy atom. The molecule has 3 heteroatoms. The Hall–Kier alpha value is -0.530. The van der Waals surface area contributed by atoms with Crippen molar-refractivity contribution in [2.45, 2.75) is 31.2 Å². The third kappa shape index (κ3) is 5.16. The Balaban J connectivity index is 4.14. The van der Waals surface area contributed by atoms with Gasteiger partial charge in [0.1, 0.15) is 10.4 Å². The molecule has 1 unspecified atom stereocenters. The average Bonchev–Trinajstić information content (AvgIpc) is 1.84. The molecule has 0 bridgehead atoms. The maximum Gasteiger partial charge on any atom is 0.324 e. The molecule has 2 nitrogen and oxygen atoms in total. The smallest absolute Gasteiger partial charge is 0.324 e. The topological polar surface area (TPSA) is 26.3 Å². The zero-order valence-corrected chi connectivity index (χ0v) is 9.14. The normalized spacial score (nSPS) is 13.0. The first-order valence-electron chi connectivity index (χ1n) is 3.59. The van der Waals surface area contributed by atoms with E-state index in [0.717, 1.165) is 0 Å². The highest BCUT2D eigenvalue weighted by atomic mass is 79.9. The Kier molecular flexibility index (Phi) is 4.29. The molecule has 0 aliphatic carbocycles. The fraction of sp³-hybridized carbons (Fsp3) is 0.556. The summed E-state index contributed by atoms with van der Waals surface area (Å²) < 4.78 is 5.07. The summed E-state index contributed by atoms with van der Waals surface area (Å²) in [6.07, 6.45) is 1.51. The van der Waals surface area contributed by atoms with Crippen LogP contribution < -0.4 is 0 Å². The van der Waals surface area contributed by atoms with E-state index in [4.69, 9.17) is 4.74 Å². The van der Waals surface area contributed by atoms with Crippen LogP contribution in [0.1, 0.15) is 20.8 Å². The van der Waals surface area contributed by atoms with Gasteiger partial charge < -0.3 is 4.74 Å². The average molecular weight is 233 g/mol. The molecule has 0 fully saturated rings. The van der Waals surface area contributed by atoms with Crippen LogP contribution in [0.5, 0.6) is 0 Å². The van der Waals surface area contributed by atoms with Crippen molar-refractivity contribution < 1.29 is 9.53 Å². The highest BCUT2D eigenvalue weighted by Gasteiger charge is 2.20.